The molecule has 0 aliphatic rings. The smallest absolute Gasteiger partial charge is 0.266 e. The lowest BCUT2D eigenvalue weighted by atomic mass is 10.2. The largest absolute Gasteiger partial charge is 0.438 e. The molecule has 0 radical (unpaired) electrons. The molecular weight excluding hydrogens is 158 g/mol. The van der Waals surface area contributed by atoms with Crippen LogP contribution in [0.5, 0.6) is 0 Å². The molecule has 0 aromatic carbocycles. The Morgan fingerprint density at radius 2 is 2.00 bits per heavy atom. The molecule has 1 aromatic rings. The molecule has 0 unspecified atom stereocenters. The van der Waals surface area contributed by atoms with Gasteiger partial charge in [0.05, 0.1) is 5.69 Å². The SMILES string of the molecule is CC.CC(C)c1coc(=S)[nH]1. The van der Waals surface area contributed by atoms with E-state index >= 15 is 0 Å². The molecule has 1 N–H and O–H groups in total. The summed E-state index contributed by atoms with van der Waals surface area (Å²) in [5.41, 5.74) is 1.06. The van der Waals surface area contributed by atoms with Crippen LogP contribution in [0.1, 0.15) is 39.3 Å². The molecule has 0 amide bonds. The zero-order valence-electron chi connectivity index (χ0n) is 7.47. The van der Waals surface area contributed by atoms with Crippen molar-refractivity contribution in [3.63, 3.8) is 0 Å². The van der Waals surface area contributed by atoms with Gasteiger partial charge in [0.1, 0.15) is 6.26 Å². The van der Waals surface area contributed by atoms with E-state index in [-0.39, 0.29) is 0 Å². The predicted molar refractivity (Wildman–Crippen MR) is 49.3 cm³/mol. The average molecular weight is 173 g/mol. The van der Waals surface area contributed by atoms with Crippen LogP contribution in [0.2, 0.25) is 0 Å². The van der Waals surface area contributed by atoms with Crippen LogP contribution in [-0.2, 0) is 0 Å². The zero-order valence-corrected chi connectivity index (χ0v) is 8.29. The second-order valence-electron chi connectivity index (χ2n) is 2.26. The third-order valence-corrected chi connectivity index (χ3v) is 1.36. The maximum absolute atomic E-state index is 4.89. The minimum atomic E-state index is 0.457. The van der Waals surface area contributed by atoms with Crippen molar-refractivity contribution in [2.24, 2.45) is 0 Å². The number of H-pyrrole nitrogens is 1. The highest BCUT2D eigenvalue weighted by Crippen LogP contribution is 2.10. The van der Waals surface area contributed by atoms with Gasteiger partial charge in [0, 0.05) is 0 Å². The van der Waals surface area contributed by atoms with Gasteiger partial charge in [-0.1, -0.05) is 27.7 Å². The molecule has 1 rings (SSSR count). The van der Waals surface area contributed by atoms with E-state index in [4.69, 9.17) is 16.6 Å². The summed E-state index contributed by atoms with van der Waals surface area (Å²) < 4.78 is 4.89. The van der Waals surface area contributed by atoms with E-state index in [9.17, 15) is 0 Å². The number of hydrogen-bond acceptors (Lipinski definition) is 2. The Bertz CT molecular complexity index is 236. The van der Waals surface area contributed by atoms with E-state index < -0.39 is 0 Å². The van der Waals surface area contributed by atoms with E-state index in [2.05, 4.69) is 18.8 Å². The fourth-order valence-electron chi connectivity index (χ4n) is 0.574. The zero-order chi connectivity index (χ0) is 8.85. The van der Waals surface area contributed by atoms with Crippen LogP contribution >= 0.6 is 12.2 Å². The van der Waals surface area contributed by atoms with Crippen molar-refractivity contribution in [2.75, 3.05) is 0 Å². The van der Waals surface area contributed by atoms with E-state index in [0.29, 0.717) is 10.8 Å². The average Bonchev–Trinajstić information content (AvgIpc) is 2.40. The van der Waals surface area contributed by atoms with Crippen molar-refractivity contribution in [3.05, 3.63) is 16.8 Å². The highest BCUT2D eigenvalue weighted by atomic mass is 32.1. The van der Waals surface area contributed by atoms with Crippen LogP contribution in [0.3, 0.4) is 0 Å². The summed E-state index contributed by atoms with van der Waals surface area (Å²) in [6.07, 6.45) is 1.66. The molecule has 0 saturated heterocycles. The topological polar surface area (TPSA) is 28.9 Å². The minimum Gasteiger partial charge on any atom is -0.438 e. The van der Waals surface area contributed by atoms with E-state index in [1.54, 1.807) is 6.26 Å². The molecule has 0 fully saturated rings. The van der Waals surface area contributed by atoms with Crippen LogP contribution in [-0.4, -0.2) is 4.98 Å². The Labute approximate surface area is 72.6 Å². The van der Waals surface area contributed by atoms with Crippen LogP contribution in [0.25, 0.3) is 0 Å². The van der Waals surface area contributed by atoms with Crippen LogP contribution in [0, 0.1) is 4.84 Å². The molecule has 0 saturated carbocycles. The van der Waals surface area contributed by atoms with Crippen LogP contribution < -0.4 is 0 Å². The molecule has 1 heterocycles. The van der Waals surface area contributed by atoms with Gasteiger partial charge in [-0.3, -0.25) is 0 Å². The number of aromatic nitrogens is 1. The van der Waals surface area contributed by atoms with Crippen LogP contribution in [0.15, 0.2) is 10.7 Å². The van der Waals surface area contributed by atoms with Gasteiger partial charge < -0.3 is 9.40 Å². The molecule has 0 bridgehead atoms. The lowest BCUT2D eigenvalue weighted by Gasteiger charge is -1.94. The number of rotatable bonds is 1. The highest BCUT2D eigenvalue weighted by Gasteiger charge is 1.99. The van der Waals surface area contributed by atoms with Crippen LogP contribution in [0.4, 0.5) is 0 Å². The van der Waals surface area contributed by atoms with Gasteiger partial charge in [-0.25, -0.2) is 0 Å². The van der Waals surface area contributed by atoms with Crippen molar-refractivity contribution < 1.29 is 4.42 Å². The fourth-order valence-corrected chi connectivity index (χ4v) is 0.740. The third-order valence-electron chi connectivity index (χ3n) is 1.16. The molecule has 0 aliphatic heterocycles. The second kappa shape index (κ2) is 5.13. The van der Waals surface area contributed by atoms with Crippen molar-refractivity contribution >= 4 is 12.2 Å². The highest BCUT2D eigenvalue weighted by molar-refractivity contribution is 7.71. The summed E-state index contributed by atoms with van der Waals surface area (Å²) in [5.74, 6) is 0.463. The van der Waals surface area contributed by atoms with E-state index in [1.807, 2.05) is 13.8 Å². The number of nitrogens with one attached hydrogen (secondary N) is 1. The normalized spacial score (nSPS) is 9.18. The van der Waals surface area contributed by atoms with Gasteiger partial charge in [-0.15, -0.1) is 0 Å². The summed E-state index contributed by atoms with van der Waals surface area (Å²) >= 11 is 4.73. The Morgan fingerprint density at radius 3 is 2.18 bits per heavy atom. The first-order chi connectivity index (χ1) is 5.20. The predicted octanol–water partition coefficient (Wildman–Crippen LogP) is 3.49. The Balaban J connectivity index is 0.000000461. The Hall–Kier alpha value is -0.570. The van der Waals surface area contributed by atoms with Gasteiger partial charge >= 0.3 is 0 Å². The summed E-state index contributed by atoms with van der Waals surface area (Å²) in [7, 11) is 0. The first-order valence-electron chi connectivity index (χ1n) is 3.88. The molecule has 1 aromatic heterocycles. The monoisotopic (exact) mass is 173 g/mol. The maximum atomic E-state index is 4.89. The summed E-state index contributed by atoms with van der Waals surface area (Å²) in [4.78, 5) is 3.38. The number of hydrogen-bond donors (Lipinski definition) is 1. The van der Waals surface area contributed by atoms with Crippen molar-refractivity contribution in [3.8, 4) is 0 Å². The standard InChI is InChI=1S/C6H9NOS.C2H6/c1-4(2)5-3-8-6(9)7-5;1-2/h3-4H,1-2H3,(H,7,9);1-2H3. The second-order valence-corrected chi connectivity index (χ2v) is 2.63. The Morgan fingerprint density at radius 1 is 1.45 bits per heavy atom. The lowest BCUT2D eigenvalue weighted by molar-refractivity contribution is 0.539. The molecule has 0 atom stereocenters. The summed E-state index contributed by atoms with van der Waals surface area (Å²) in [6.45, 7) is 8.16. The molecule has 64 valence electrons. The first-order valence-corrected chi connectivity index (χ1v) is 4.28. The van der Waals surface area contributed by atoms with Crippen molar-refractivity contribution in [1.82, 2.24) is 4.98 Å². The quantitative estimate of drug-likeness (QED) is 0.659. The van der Waals surface area contributed by atoms with E-state index in [1.165, 1.54) is 0 Å². The summed E-state index contributed by atoms with van der Waals surface area (Å²) in [5, 5.41) is 0. The van der Waals surface area contributed by atoms with Crippen molar-refractivity contribution in [2.45, 2.75) is 33.6 Å². The maximum Gasteiger partial charge on any atom is 0.266 e. The molecular formula is C8H15NOS. The molecule has 3 heteroatoms. The summed E-state index contributed by atoms with van der Waals surface area (Å²) in [6, 6.07) is 0. The number of oxazole rings is 1. The van der Waals surface area contributed by atoms with Gasteiger partial charge in [-0.2, -0.15) is 0 Å². The van der Waals surface area contributed by atoms with Gasteiger partial charge in [0.25, 0.3) is 4.84 Å². The molecule has 0 spiro atoms. The third kappa shape index (κ3) is 3.37. The fraction of sp³-hybridized carbons (Fsp3) is 0.625. The van der Waals surface area contributed by atoms with Gasteiger partial charge in [0.2, 0.25) is 0 Å². The number of aromatic amines is 1. The van der Waals surface area contributed by atoms with E-state index in [0.717, 1.165) is 5.69 Å². The molecule has 11 heavy (non-hydrogen) atoms. The van der Waals surface area contributed by atoms with Gasteiger partial charge in [-0.05, 0) is 18.1 Å². The lowest BCUT2D eigenvalue weighted by Crippen LogP contribution is -1.84. The molecule has 0 aliphatic carbocycles. The van der Waals surface area contributed by atoms with Gasteiger partial charge in [0.15, 0.2) is 0 Å². The van der Waals surface area contributed by atoms with Crippen molar-refractivity contribution in [1.29, 1.82) is 0 Å². The Kier molecular flexibility index (Phi) is 4.86. The molecule has 2 nitrogen and oxygen atoms in total. The minimum absolute atomic E-state index is 0.457. The first kappa shape index (κ1) is 10.4.